The lowest BCUT2D eigenvalue weighted by Crippen LogP contribution is -2.30. The van der Waals surface area contributed by atoms with Crippen LogP contribution in [0.15, 0.2) is 35.8 Å². The number of nitrogens with one attached hydrogen (secondary N) is 1. The molecule has 0 aliphatic carbocycles. The molecule has 0 bridgehead atoms. The van der Waals surface area contributed by atoms with Crippen molar-refractivity contribution in [1.29, 1.82) is 0 Å². The van der Waals surface area contributed by atoms with Crippen molar-refractivity contribution >= 4 is 34.0 Å². The van der Waals surface area contributed by atoms with Crippen molar-refractivity contribution in [2.75, 3.05) is 25.0 Å². The van der Waals surface area contributed by atoms with Crippen LogP contribution in [0.5, 0.6) is 0 Å². The van der Waals surface area contributed by atoms with E-state index < -0.39 is 0 Å². The number of carbonyl (C=O) groups excluding carboxylic acids is 1. The van der Waals surface area contributed by atoms with Gasteiger partial charge in [-0.3, -0.25) is 9.69 Å². The number of carbonyl (C=O) groups is 1. The number of pyridine rings is 1. The highest BCUT2D eigenvalue weighted by atomic mass is 32.1. The summed E-state index contributed by atoms with van der Waals surface area (Å²) in [6.07, 6.45) is 4.21. The molecule has 0 saturated carbocycles. The van der Waals surface area contributed by atoms with Gasteiger partial charge in [-0.1, -0.05) is 6.07 Å². The lowest BCUT2D eigenvalue weighted by Gasteiger charge is -2.14. The van der Waals surface area contributed by atoms with Crippen LogP contribution in [0.25, 0.3) is 22.2 Å². The van der Waals surface area contributed by atoms with Crippen LogP contribution in [0, 0.1) is 6.92 Å². The summed E-state index contributed by atoms with van der Waals surface area (Å²) in [7, 11) is 0. The zero-order valence-electron chi connectivity index (χ0n) is 14.2. The summed E-state index contributed by atoms with van der Waals surface area (Å²) in [5.41, 5.74) is 4.79. The first kappa shape index (κ1) is 16.2. The zero-order chi connectivity index (χ0) is 17.2. The molecule has 1 fully saturated rings. The number of aromatic nitrogens is 2. The Morgan fingerprint density at radius 1 is 1.28 bits per heavy atom. The molecular formula is C19H20N4OS. The number of nitrogens with zero attached hydrogens (tertiary/aromatic N) is 3. The molecule has 0 unspecified atom stereocenters. The Kier molecular flexibility index (Phi) is 4.46. The van der Waals surface area contributed by atoms with Gasteiger partial charge in [0.1, 0.15) is 0 Å². The second kappa shape index (κ2) is 6.90. The van der Waals surface area contributed by atoms with Crippen molar-refractivity contribution in [3.05, 3.63) is 41.4 Å². The second-order valence-electron chi connectivity index (χ2n) is 6.50. The summed E-state index contributed by atoms with van der Waals surface area (Å²) >= 11 is 1.42. The van der Waals surface area contributed by atoms with E-state index in [0.717, 1.165) is 40.9 Å². The summed E-state index contributed by atoms with van der Waals surface area (Å²) in [6.45, 7) is 4.58. The number of hydrogen-bond donors (Lipinski definition) is 1. The molecule has 1 aromatic carbocycles. The van der Waals surface area contributed by atoms with E-state index >= 15 is 0 Å². The Hall–Kier alpha value is -2.31. The summed E-state index contributed by atoms with van der Waals surface area (Å²) in [4.78, 5) is 19.2. The van der Waals surface area contributed by atoms with E-state index in [1.165, 1.54) is 29.9 Å². The van der Waals surface area contributed by atoms with Crippen LogP contribution in [0.3, 0.4) is 0 Å². The third-order valence-electron chi connectivity index (χ3n) is 4.59. The molecule has 1 N–H and O–H groups in total. The minimum absolute atomic E-state index is 0.0381. The van der Waals surface area contributed by atoms with Gasteiger partial charge in [-0.05, 0) is 68.1 Å². The Bertz CT molecular complexity index is 901. The second-order valence-corrected chi connectivity index (χ2v) is 7.16. The molecular weight excluding hydrogens is 332 g/mol. The minimum Gasteiger partial charge on any atom is -0.325 e. The van der Waals surface area contributed by atoms with Gasteiger partial charge in [0.15, 0.2) is 0 Å². The van der Waals surface area contributed by atoms with Crippen LogP contribution >= 0.6 is 11.5 Å². The number of likely N-dealkylation sites (tertiary alicyclic amines) is 1. The molecule has 4 rings (SSSR count). The predicted molar refractivity (Wildman–Crippen MR) is 102 cm³/mol. The highest BCUT2D eigenvalue weighted by Gasteiger charge is 2.15. The maximum atomic E-state index is 12.2. The van der Waals surface area contributed by atoms with Crippen molar-refractivity contribution in [2.24, 2.45) is 0 Å². The lowest BCUT2D eigenvalue weighted by atomic mass is 10.1. The third-order valence-corrected chi connectivity index (χ3v) is 5.18. The average Bonchev–Trinajstić information content (AvgIpc) is 3.28. The summed E-state index contributed by atoms with van der Waals surface area (Å²) in [6, 6.07) is 8.01. The lowest BCUT2D eigenvalue weighted by molar-refractivity contribution is -0.117. The van der Waals surface area contributed by atoms with Crippen LogP contribution in [0.1, 0.15) is 18.4 Å². The zero-order valence-corrected chi connectivity index (χ0v) is 15.0. The van der Waals surface area contributed by atoms with Gasteiger partial charge in [-0.25, -0.2) is 9.36 Å². The van der Waals surface area contributed by atoms with Crippen molar-refractivity contribution in [2.45, 2.75) is 19.8 Å². The molecule has 0 atom stereocenters. The quantitative estimate of drug-likeness (QED) is 0.778. The number of fused-ring (bicyclic) bond motifs is 1. The molecule has 3 aromatic rings. The van der Waals surface area contributed by atoms with Gasteiger partial charge in [0.2, 0.25) is 5.91 Å². The fraction of sp³-hybridized carbons (Fsp3) is 0.316. The molecule has 1 aliphatic rings. The molecule has 0 spiro atoms. The number of rotatable bonds is 4. The normalized spacial score (nSPS) is 14.9. The number of amides is 1. The van der Waals surface area contributed by atoms with Crippen molar-refractivity contribution < 1.29 is 4.79 Å². The largest absolute Gasteiger partial charge is 0.325 e. The molecule has 0 radical (unpaired) electrons. The molecule has 5 nitrogen and oxygen atoms in total. The number of anilines is 1. The van der Waals surface area contributed by atoms with Gasteiger partial charge in [0.05, 0.1) is 24.0 Å². The maximum Gasteiger partial charge on any atom is 0.238 e. The van der Waals surface area contributed by atoms with E-state index in [4.69, 9.17) is 4.98 Å². The van der Waals surface area contributed by atoms with Gasteiger partial charge >= 0.3 is 0 Å². The van der Waals surface area contributed by atoms with Crippen LogP contribution < -0.4 is 5.32 Å². The van der Waals surface area contributed by atoms with Gasteiger partial charge < -0.3 is 5.32 Å². The third kappa shape index (κ3) is 3.55. The first-order chi connectivity index (χ1) is 12.2. The molecule has 1 amide bonds. The Balaban J connectivity index is 1.59. The van der Waals surface area contributed by atoms with E-state index in [9.17, 15) is 4.79 Å². The van der Waals surface area contributed by atoms with Crippen molar-refractivity contribution in [1.82, 2.24) is 14.3 Å². The molecule has 128 valence electrons. The minimum atomic E-state index is 0.0381. The van der Waals surface area contributed by atoms with E-state index in [1.54, 1.807) is 0 Å². The number of hydrogen-bond acceptors (Lipinski definition) is 5. The SMILES string of the molecule is Cc1cc(-c2cnsc2)nc2cc(NC(=O)CN3CCCC3)ccc12. The van der Waals surface area contributed by atoms with Crippen molar-refractivity contribution in [3.63, 3.8) is 0 Å². The molecule has 2 aromatic heterocycles. The van der Waals surface area contributed by atoms with Gasteiger partial charge in [0.25, 0.3) is 0 Å². The predicted octanol–water partition coefficient (Wildman–Crippen LogP) is 3.70. The Morgan fingerprint density at radius 3 is 2.88 bits per heavy atom. The summed E-state index contributed by atoms with van der Waals surface area (Å²) in [5.74, 6) is 0.0381. The Labute approximate surface area is 150 Å². The maximum absolute atomic E-state index is 12.2. The van der Waals surface area contributed by atoms with Crippen LogP contribution in [0.2, 0.25) is 0 Å². The van der Waals surface area contributed by atoms with Crippen LogP contribution in [-0.4, -0.2) is 39.8 Å². The van der Waals surface area contributed by atoms with E-state index in [-0.39, 0.29) is 5.91 Å². The molecule has 1 aliphatic heterocycles. The molecule has 1 saturated heterocycles. The molecule has 25 heavy (non-hydrogen) atoms. The highest BCUT2D eigenvalue weighted by Crippen LogP contribution is 2.26. The number of aryl methyl sites for hydroxylation is 1. The first-order valence-electron chi connectivity index (χ1n) is 8.52. The van der Waals surface area contributed by atoms with E-state index in [2.05, 4.69) is 27.6 Å². The fourth-order valence-electron chi connectivity index (χ4n) is 3.30. The molecule has 6 heteroatoms. The van der Waals surface area contributed by atoms with E-state index in [0.29, 0.717) is 6.54 Å². The van der Waals surface area contributed by atoms with Crippen molar-refractivity contribution in [3.8, 4) is 11.3 Å². The first-order valence-corrected chi connectivity index (χ1v) is 9.36. The monoisotopic (exact) mass is 352 g/mol. The van der Waals surface area contributed by atoms with Crippen LogP contribution in [-0.2, 0) is 4.79 Å². The number of benzene rings is 1. The van der Waals surface area contributed by atoms with Gasteiger partial charge in [-0.15, -0.1) is 0 Å². The fourth-order valence-corrected chi connectivity index (χ4v) is 3.83. The summed E-state index contributed by atoms with van der Waals surface area (Å²) < 4.78 is 4.15. The standard InChI is InChI=1S/C19H20N4OS/c1-13-8-17(14-10-20-25-12-14)22-18-9-15(4-5-16(13)18)21-19(24)11-23-6-2-3-7-23/h4-5,8-10,12H,2-3,6-7,11H2,1H3,(H,21,24). The summed E-state index contributed by atoms with van der Waals surface area (Å²) in [5, 5.41) is 6.10. The van der Waals surface area contributed by atoms with E-state index in [1.807, 2.05) is 29.8 Å². The highest BCUT2D eigenvalue weighted by molar-refractivity contribution is 7.03. The average molecular weight is 352 g/mol. The van der Waals surface area contributed by atoms with Gasteiger partial charge in [-0.2, -0.15) is 0 Å². The topological polar surface area (TPSA) is 58.1 Å². The smallest absolute Gasteiger partial charge is 0.238 e. The van der Waals surface area contributed by atoms with Crippen LogP contribution in [0.4, 0.5) is 5.69 Å². The molecule has 3 heterocycles. The van der Waals surface area contributed by atoms with Gasteiger partial charge in [0, 0.05) is 22.0 Å². The Morgan fingerprint density at radius 2 is 2.12 bits per heavy atom.